The van der Waals surface area contributed by atoms with Crippen LogP contribution in [0.15, 0.2) is 29.3 Å². The Balaban J connectivity index is 1.35. The minimum absolute atomic E-state index is 0.0750. The van der Waals surface area contributed by atoms with Gasteiger partial charge in [0.1, 0.15) is 0 Å². The van der Waals surface area contributed by atoms with Crippen LogP contribution in [0.2, 0.25) is 5.02 Å². The largest absolute Gasteiger partial charge is 0.381 e. The molecule has 1 unspecified atom stereocenters. The Morgan fingerprint density at radius 3 is 2.68 bits per heavy atom. The van der Waals surface area contributed by atoms with Gasteiger partial charge in [-0.1, -0.05) is 42.6 Å². The van der Waals surface area contributed by atoms with Crippen LogP contribution in [0.1, 0.15) is 50.5 Å². The van der Waals surface area contributed by atoms with Crippen molar-refractivity contribution < 1.29 is 9.53 Å². The van der Waals surface area contributed by atoms with Crippen molar-refractivity contribution in [1.82, 2.24) is 15.5 Å². The van der Waals surface area contributed by atoms with Crippen LogP contribution in [0, 0.1) is 5.92 Å². The molecular weight excluding hydrogens is 412 g/mol. The molecule has 6 nitrogen and oxygen atoms in total. The first-order valence-electron chi connectivity index (χ1n) is 11.7. The van der Waals surface area contributed by atoms with Gasteiger partial charge in [0.25, 0.3) is 0 Å². The molecule has 0 bridgehead atoms. The van der Waals surface area contributed by atoms with Crippen LogP contribution in [0.5, 0.6) is 0 Å². The van der Waals surface area contributed by atoms with Gasteiger partial charge >= 0.3 is 0 Å². The Bertz CT molecular complexity index is 788. The van der Waals surface area contributed by atoms with Crippen LogP contribution in [0.25, 0.3) is 0 Å². The first kappa shape index (κ1) is 22.4. The van der Waals surface area contributed by atoms with E-state index in [1.54, 1.807) is 7.05 Å². The van der Waals surface area contributed by atoms with Crippen molar-refractivity contribution in [2.75, 3.05) is 39.9 Å². The van der Waals surface area contributed by atoms with Crippen LogP contribution in [0.4, 0.5) is 0 Å². The van der Waals surface area contributed by atoms with Crippen molar-refractivity contribution in [2.45, 2.75) is 56.4 Å². The predicted octanol–water partition coefficient (Wildman–Crippen LogP) is 3.34. The number of hydrogen-bond acceptors (Lipinski definition) is 3. The highest BCUT2D eigenvalue weighted by Gasteiger charge is 2.37. The molecule has 2 saturated heterocycles. The van der Waals surface area contributed by atoms with Crippen molar-refractivity contribution in [3.8, 4) is 0 Å². The van der Waals surface area contributed by atoms with Crippen LogP contribution < -0.4 is 10.6 Å². The molecule has 2 heterocycles. The summed E-state index contributed by atoms with van der Waals surface area (Å²) in [5, 5.41) is 7.91. The van der Waals surface area contributed by atoms with Crippen LogP contribution in [-0.2, 0) is 14.9 Å². The lowest BCUT2D eigenvalue weighted by Crippen LogP contribution is -2.50. The molecule has 1 aliphatic carbocycles. The topological polar surface area (TPSA) is 66.0 Å². The number of carbonyl (C=O) groups excluding carboxylic acids is 1. The monoisotopic (exact) mass is 446 g/mol. The van der Waals surface area contributed by atoms with Crippen LogP contribution in [0.3, 0.4) is 0 Å². The molecule has 1 aromatic rings. The number of likely N-dealkylation sites (tertiary alicyclic amines) is 1. The molecule has 31 heavy (non-hydrogen) atoms. The molecule has 3 fully saturated rings. The van der Waals surface area contributed by atoms with Gasteiger partial charge in [-0.2, -0.15) is 0 Å². The molecule has 1 aromatic carbocycles. The van der Waals surface area contributed by atoms with Gasteiger partial charge < -0.3 is 20.3 Å². The van der Waals surface area contributed by atoms with E-state index in [4.69, 9.17) is 16.3 Å². The smallest absolute Gasteiger partial charge is 0.225 e. The van der Waals surface area contributed by atoms with E-state index in [0.29, 0.717) is 5.91 Å². The van der Waals surface area contributed by atoms with E-state index in [2.05, 4.69) is 27.8 Å². The summed E-state index contributed by atoms with van der Waals surface area (Å²) in [6.07, 6.45) is 7.32. The van der Waals surface area contributed by atoms with E-state index in [9.17, 15) is 4.79 Å². The molecule has 7 heteroatoms. The quantitative estimate of drug-likeness (QED) is 0.537. The lowest BCUT2D eigenvalue weighted by molar-refractivity contribution is -0.134. The van der Waals surface area contributed by atoms with E-state index >= 15 is 0 Å². The first-order valence-corrected chi connectivity index (χ1v) is 12.1. The molecule has 0 radical (unpaired) electrons. The van der Waals surface area contributed by atoms with Crippen molar-refractivity contribution in [3.63, 3.8) is 0 Å². The summed E-state index contributed by atoms with van der Waals surface area (Å²) in [5.41, 5.74) is 1.10. The standard InChI is InChI=1S/C24H35ClN4O2/c1-26-23(28-19-10-13-29(16-19)22(30)18-6-2-3-7-18)27-17-24(11-14-31-15-12-24)20-8-4-5-9-21(20)25/h4-5,8-9,18-19H,2-3,6-7,10-17H2,1H3,(H2,26,27,28). The van der Waals surface area contributed by atoms with Gasteiger partial charge in [-0.25, -0.2) is 0 Å². The lowest BCUT2D eigenvalue weighted by atomic mass is 9.74. The summed E-state index contributed by atoms with van der Waals surface area (Å²) in [7, 11) is 1.80. The van der Waals surface area contributed by atoms with Gasteiger partial charge in [-0.3, -0.25) is 9.79 Å². The minimum Gasteiger partial charge on any atom is -0.381 e. The van der Waals surface area contributed by atoms with Crippen molar-refractivity contribution in [1.29, 1.82) is 0 Å². The zero-order valence-electron chi connectivity index (χ0n) is 18.5. The molecule has 170 valence electrons. The van der Waals surface area contributed by atoms with Gasteiger partial charge in [0.15, 0.2) is 5.96 Å². The summed E-state index contributed by atoms with van der Waals surface area (Å²) < 4.78 is 5.65. The molecule has 2 aliphatic heterocycles. The van der Waals surface area contributed by atoms with Crippen molar-refractivity contribution >= 4 is 23.5 Å². The number of ether oxygens (including phenoxy) is 1. The van der Waals surface area contributed by atoms with Crippen molar-refractivity contribution in [3.05, 3.63) is 34.9 Å². The maximum atomic E-state index is 12.7. The molecule has 0 spiro atoms. The van der Waals surface area contributed by atoms with Gasteiger partial charge in [-0.05, 0) is 43.7 Å². The molecule has 1 amide bonds. The third kappa shape index (κ3) is 5.17. The fourth-order valence-corrected chi connectivity index (χ4v) is 5.68. The fourth-order valence-electron chi connectivity index (χ4n) is 5.34. The number of guanidine groups is 1. The number of halogens is 1. The molecule has 1 saturated carbocycles. The van der Waals surface area contributed by atoms with Gasteiger partial charge in [0, 0.05) is 62.3 Å². The summed E-state index contributed by atoms with van der Waals surface area (Å²) >= 11 is 6.58. The highest BCUT2D eigenvalue weighted by atomic mass is 35.5. The number of aliphatic imine (C=N–C) groups is 1. The second kappa shape index (κ2) is 10.2. The first-order chi connectivity index (χ1) is 15.1. The highest BCUT2D eigenvalue weighted by Crippen LogP contribution is 2.38. The number of rotatable bonds is 5. The fraction of sp³-hybridized carbons (Fsp3) is 0.667. The summed E-state index contributed by atoms with van der Waals surface area (Å²) in [5.74, 6) is 1.39. The maximum Gasteiger partial charge on any atom is 0.225 e. The van der Waals surface area contributed by atoms with E-state index < -0.39 is 0 Å². The SMILES string of the molecule is CN=C(NCC1(c2ccccc2Cl)CCOCC1)NC1CCN(C(=O)C2CCCC2)C1. The average molecular weight is 447 g/mol. The third-order valence-corrected chi connectivity index (χ3v) is 7.59. The Kier molecular flexibility index (Phi) is 7.39. The molecule has 0 aromatic heterocycles. The Morgan fingerprint density at radius 2 is 1.97 bits per heavy atom. The summed E-state index contributed by atoms with van der Waals surface area (Å²) in [6.45, 7) is 3.82. The molecular formula is C24H35ClN4O2. The lowest BCUT2D eigenvalue weighted by Gasteiger charge is -2.39. The third-order valence-electron chi connectivity index (χ3n) is 7.26. The van der Waals surface area contributed by atoms with Crippen molar-refractivity contribution in [2.24, 2.45) is 10.9 Å². The molecule has 3 aliphatic rings. The number of nitrogens with zero attached hydrogens (tertiary/aromatic N) is 2. The van der Waals surface area contributed by atoms with E-state index in [0.717, 1.165) is 75.9 Å². The Morgan fingerprint density at radius 1 is 1.23 bits per heavy atom. The summed E-state index contributed by atoms with van der Waals surface area (Å²) in [6, 6.07) is 8.37. The van der Waals surface area contributed by atoms with Crippen LogP contribution in [-0.4, -0.2) is 62.7 Å². The van der Waals surface area contributed by atoms with Gasteiger partial charge in [-0.15, -0.1) is 0 Å². The molecule has 4 rings (SSSR count). The van der Waals surface area contributed by atoms with E-state index in [1.165, 1.54) is 18.4 Å². The molecule has 2 N–H and O–H groups in total. The van der Waals surface area contributed by atoms with E-state index in [-0.39, 0.29) is 17.4 Å². The second-order valence-electron chi connectivity index (χ2n) is 9.19. The number of hydrogen-bond donors (Lipinski definition) is 2. The normalized spacial score (nSPS) is 24.4. The summed E-state index contributed by atoms with van der Waals surface area (Å²) in [4.78, 5) is 19.2. The number of amides is 1. The maximum absolute atomic E-state index is 12.7. The average Bonchev–Trinajstić information content (AvgIpc) is 3.49. The van der Waals surface area contributed by atoms with Crippen LogP contribution >= 0.6 is 11.6 Å². The highest BCUT2D eigenvalue weighted by molar-refractivity contribution is 6.31. The zero-order valence-corrected chi connectivity index (χ0v) is 19.3. The Hall–Kier alpha value is -1.79. The zero-order chi connectivity index (χ0) is 21.7. The second-order valence-corrected chi connectivity index (χ2v) is 9.60. The van der Waals surface area contributed by atoms with Gasteiger partial charge in [0.2, 0.25) is 5.91 Å². The number of nitrogens with one attached hydrogen (secondary N) is 2. The number of carbonyl (C=O) groups is 1. The van der Waals surface area contributed by atoms with Gasteiger partial charge in [0.05, 0.1) is 0 Å². The van der Waals surface area contributed by atoms with E-state index in [1.807, 2.05) is 17.0 Å². The molecule has 1 atom stereocenters. The minimum atomic E-state index is -0.0750. The Labute approximate surface area is 190 Å². The number of benzene rings is 1. The predicted molar refractivity (Wildman–Crippen MR) is 125 cm³/mol.